The van der Waals surface area contributed by atoms with E-state index in [4.69, 9.17) is 0 Å². The minimum atomic E-state index is -0.639. The van der Waals surface area contributed by atoms with Gasteiger partial charge < -0.3 is 9.72 Å². The maximum atomic E-state index is 13.1. The Hall–Kier alpha value is -2.96. The SMILES string of the molecule is O=[N+]([O-])c1cc(F)ccc1NCc1cn2ccccc2n1. The third-order valence-electron chi connectivity index (χ3n) is 3.03. The summed E-state index contributed by atoms with van der Waals surface area (Å²) in [6.45, 7) is 0.314. The molecule has 0 unspecified atom stereocenters. The molecule has 1 aromatic carbocycles. The first kappa shape index (κ1) is 13.0. The summed E-state index contributed by atoms with van der Waals surface area (Å²) in [6.07, 6.45) is 3.70. The molecule has 0 spiro atoms. The van der Waals surface area contributed by atoms with E-state index in [9.17, 15) is 14.5 Å². The molecule has 0 saturated carbocycles. The molecule has 0 aliphatic carbocycles. The van der Waals surface area contributed by atoms with Gasteiger partial charge in [-0.2, -0.15) is 0 Å². The van der Waals surface area contributed by atoms with Crippen molar-refractivity contribution in [3.05, 3.63) is 70.4 Å². The Morgan fingerprint density at radius 1 is 1.33 bits per heavy atom. The predicted octanol–water partition coefficient (Wildman–Crippen LogP) is 2.99. The van der Waals surface area contributed by atoms with Crippen LogP contribution < -0.4 is 5.32 Å². The predicted molar refractivity (Wildman–Crippen MR) is 75.6 cm³/mol. The molecule has 0 aliphatic heterocycles. The van der Waals surface area contributed by atoms with Crippen LogP contribution in [0.1, 0.15) is 5.69 Å². The van der Waals surface area contributed by atoms with Crippen LogP contribution in [-0.4, -0.2) is 14.3 Å². The number of hydrogen-bond donors (Lipinski definition) is 1. The van der Waals surface area contributed by atoms with Crippen LogP contribution in [0, 0.1) is 15.9 Å². The molecular weight excluding hydrogens is 275 g/mol. The van der Waals surface area contributed by atoms with Crippen LogP contribution in [0.2, 0.25) is 0 Å². The average Bonchev–Trinajstić information content (AvgIpc) is 2.88. The van der Waals surface area contributed by atoms with E-state index in [-0.39, 0.29) is 11.4 Å². The fourth-order valence-electron chi connectivity index (χ4n) is 2.06. The number of nitrogens with zero attached hydrogens (tertiary/aromatic N) is 3. The first-order chi connectivity index (χ1) is 10.1. The maximum Gasteiger partial charge on any atom is 0.295 e. The number of rotatable bonds is 4. The van der Waals surface area contributed by atoms with Crippen molar-refractivity contribution >= 4 is 17.0 Å². The number of aromatic nitrogens is 2. The van der Waals surface area contributed by atoms with E-state index in [1.54, 1.807) is 0 Å². The Morgan fingerprint density at radius 2 is 2.19 bits per heavy atom. The highest BCUT2D eigenvalue weighted by Gasteiger charge is 2.14. The van der Waals surface area contributed by atoms with Crippen molar-refractivity contribution < 1.29 is 9.31 Å². The molecule has 0 saturated heterocycles. The van der Waals surface area contributed by atoms with Crippen LogP contribution in [-0.2, 0) is 6.54 Å². The second-order valence-electron chi connectivity index (χ2n) is 4.47. The fourth-order valence-corrected chi connectivity index (χ4v) is 2.06. The summed E-state index contributed by atoms with van der Waals surface area (Å²) < 4.78 is 14.9. The van der Waals surface area contributed by atoms with Gasteiger partial charge in [-0.25, -0.2) is 9.37 Å². The summed E-state index contributed by atoms with van der Waals surface area (Å²) in [4.78, 5) is 14.7. The van der Waals surface area contributed by atoms with Crippen molar-refractivity contribution in [3.8, 4) is 0 Å². The number of nitro benzene ring substituents is 1. The smallest absolute Gasteiger partial charge is 0.295 e. The Bertz CT molecular complexity index is 783. The Morgan fingerprint density at radius 3 is 2.95 bits per heavy atom. The van der Waals surface area contributed by atoms with Crippen LogP contribution >= 0.6 is 0 Å². The number of pyridine rings is 1. The summed E-state index contributed by atoms with van der Waals surface area (Å²) in [5.41, 5.74) is 1.50. The van der Waals surface area contributed by atoms with E-state index < -0.39 is 10.7 Å². The number of imidazole rings is 1. The lowest BCUT2D eigenvalue weighted by Gasteiger charge is -2.05. The van der Waals surface area contributed by atoms with E-state index in [2.05, 4.69) is 10.3 Å². The molecule has 0 aliphatic rings. The van der Waals surface area contributed by atoms with Gasteiger partial charge in [0, 0.05) is 12.4 Å². The molecule has 106 valence electrons. The number of nitrogens with one attached hydrogen (secondary N) is 1. The highest BCUT2D eigenvalue weighted by atomic mass is 19.1. The van der Waals surface area contributed by atoms with Crippen LogP contribution in [0.5, 0.6) is 0 Å². The zero-order chi connectivity index (χ0) is 14.8. The lowest BCUT2D eigenvalue weighted by atomic mass is 10.2. The number of nitro groups is 1. The summed E-state index contributed by atoms with van der Waals surface area (Å²) in [5.74, 6) is -0.639. The van der Waals surface area contributed by atoms with Crippen LogP contribution in [0.4, 0.5) is 15.8 Å². The third-order valence-corrected chi connectivity index (χ3v) is 3.03. The summed E-state index contributed by atoms with van der Waals surface area (Å²) in [5, 5.41) is 13.8. The van der Waals surface area contributed by atoms with Gasteiger partial charge in [-0.1, -0.05) is 6.07 Å². The molecule has 2 aromatic heterocycles. The van der Waals surface area contributed by atoms with Crippen LogP contribution in [0.25, 0.3) is 5.65 Å². The number of halogens is 1. The van der Waals surface area contributed by atoms with Gasteiger partial charge in [-0.3, -0.25) is 10.1 Å². The van der Waals surface area contributed by atoms with Crippen molar-refractivity contribution in [2.75, 3.05) is 5.32 Å². The quantitative estimate of drug-likeness (QED) is 0.591. The maximum absolute atomic E-state index is 13.1. The molecule has 0 amide bonds. The first-order valence-corrected chi connectivity index (χ1v) is 6.24. The van der Waals surface area contributed by atoms with E-state index in [0.29, 0.717) is 6.54 Å². The molecule has 1 N–H and O–H groups in total. The fraction of sp³-hybridized carbons (Fsp3) is 0.0714. The van der Waals surface area contributed by atoms with Gasteiger partial charge in [-0.15, -0.1) is 0 Å². The monoisotopic (exact) mass is 286 g/mol. The van der Waals surface area contributed by atoms with Gasteiger partial charge in [0.1, 0.15) is 17.2 Å². The minimum absolute atomic E-state index is 0.262. The minimum Gasteiger partial charge on any atom is -0.374 e. The van der Waals surface area contributed by atoms with Crippen LogP contribution in [0.15, 0.2) is 48.8 Å². The largest absolute Gasteiger partial charge is 0.374 e. The molecule has 2 heterocycles. The number of hydrogen-bond acceptors (Lipinski definition) is 4. The van der Waals surface area contributed by atoms with Gasteiger partial charge in [0.2, 0.25) is 0 Å². The average molecular weight is 286 g/mol. The zero-order valence-electron chi connectivity index (χ0n) is 10.9. The van der Waals surface area contributed by atoms with Gasteiger partial charge in [0.25, 0.3) is 5.69 Å². The standard InChI is InChI=1S/C14H11FN4O2/c15-10-4-5-12(13(7-10)19(20)21)16-8-11-9-18-6-2-1-3-14(18)17-11/h1-7,9,16H,8H2. The van der Waals surface area contributed by atoms with E-state index in [1.165, 1.54) is 12.1 Å². The molecule has 0 fully saturated rings. The Kier molecular flexibility index (Phi) is 3.23. The number of anilines is 1. The number of benzene rings is 1. The first-order valence-electron chi connectivity index (χ1n) is 6.24. The Balaban J connectivity index is 1.83. The van der Waals surface area contributed by atoms with Crippen molar-refractivity contribution in [2.45, 2.75) is 6.54 Å². The highest BCUT2D eigenvalue weighted by Crippen LogP contribution is 2.25. The van der Waals surface area contributed by atoms with E-state index in [1.807, 2.05) is 35.0 Å². The molecule has 3 aromatic rings. The normalized spacial score (nSPS) is 10.7. The van der Waals surface area contributed by atoms with Gasteiger partial charge in [0.15, 0.2) is 0 Å². The highest BCUT2D eigenvalue weighted by molar-refractivity contribution is 5.61. The van der Waals surface area contributed by atoms with Gasteiger partial charge in [-0.05, 0) is 24.3 Å². The summed E-state index contributed by atoms with van der Waals surface area (Å²) in [7, 11) is 0. The lowest BCUT2D eigenvalue weighted by Crippen LogP contribution is -2.03. The summed E-state index contributed by atoms with van der Waals surface area (Å²) >= 11 is 0. The molecule has 6 nitrogen and oxygen atoms in total. The molecular formula is C14H11FN4O2. The lowest BCUT2D eigenvalue weighted by molar-refractivity contribution is -0.384. The topological polar surface area (TPSA) is 72.5 Å². The molecule has 21 heavy (non-hydrogen) atoms. The zero-order valence-corrected chi connectivity index (χ0v) is 10.9. The molecule has 3 rings (SSSR count). The Labute approximate surface area is 119 Å². The van der Waals surface area contributed by atoms with Crippen molar-refractivity contribution in [1.82, 2.24) is 9.38 Å². The molecule has 0 radical (unpaired) electrons. The van der Waals surface area contributed by atoms with Crippen molar-refractivity contribution in [2.24, 2.45) is 0 Å². The third kappa shape index (κ3) is 2.66. The van der Waals surface area contributed by atoms with Crippen molar-refractivity contribution in [1.29, 1.82) is 0 Å². The second kappa shape index (κ2) is 5.20. The van der Waals surface area contributed by atoms with Gasteiger partial charge >= 0.3 is 0 Å². The van der Waals surface area contributed by atoms with E-state index in [0.717, 1.165) is 17.4 Å². The van der Waals surface area contributed by atoms with Crippen LogP contribution in [0.3, 0.4) is 0 Å². The van der Waals surface area contributed by atoms with E-state index >= 15 is 0 Å². The molecule has 7 heteroatoms. The summed E-state index contributed by atoms with van der Waals surface area (Å²) in [6, 6.07) is 9.05. The molecule has 0 atom stereocenters. The van der Waals surface area contributed by atoms with Gasteiger partial charge in [0.05, 0.1) is 23.2 Å². The van der Waals surface area contributed by atoms with Crippen molar-refractivity contribution in [3.63, 3.8) is 0 Å². The second-order valence-corrected chi connectivity index (χ2v) is 4.47. The number of fused-ring (bicyclic) bond motifs is 1. The molecule has 0 bridgehead atoms.